The van der Waals surface area contributed by atoms with Gasteiger partial charge in [0, 0.05) is 37.5 Å². The number of carbonyl (C=O) groups excluding carboxylic acids is 1. The minimum absolute atomic E-state index is 0.162. The number of nitrogens with zero attached hydrogens (tertiary/aromatic N) is 3. The number of hydrogen-bond donors (Lipinski definition) is 4. The molecule has 2 aromatic carbocycles. The summed E-state index contributed by atoms with van der Waals surface area (Å²) in [5.74, 6) is -0.383. The van der Waals surface area contributed by atoms with E-state index in [1.165, 1.54) is 12.1 Å². The van der Waals surface area contributed by atoms with Crippen molar-refractivity contribution in [2.45, 2.75) is 24.9 Å². The van der Waals surface area contributed by atoms with Crippen LogP contribution < -0.4 is 10.6 Å². The molecule has 1 atom stereocenters. The molecule has 2 aromatic heterocycles. The average Bonchev–Trinajstić information content (AvgIpc) is 3.46. The summed E-state index contributed by atoms with van der Waals surface area (Å²) in [5, 5.41) is 17.7. The first kappa shape index (κ1) is 25.7. The number of guanidine groups is 1. The van der Waals surface area contributed by atoms with Crippen molar-refractivity contribution >= 4 is 11.9 Å². The van der Waals surface area contributed by atoms with E-state index in [1.807, 2.05) is 12.3 Å². The van der Waals surface area contributed by atoms with Crippen LogP contribution in [0.4, 0.5) is 4.39 Å². The van der Waals surface area contributed by atoms with E-state index < -0.39 is 11.4 Å². The number of aromatic nitrogens is 3. The summed E-state index contributed by atoms with van der Waals surface area (Å²) in [6.07, 6.45) is 6.79. The van der Waals surface area contributed by atoms with Gasteiger partial charge in [0.05, 0.1) is 17.7 Å². The number of aliphatic imine (C=N–C) groups is 1. The van der Waals surface area contributed by atoms with Gasteiger partial charge in [-0.15, -0.1) is 0 Å². The highest BCUT2D eigenvalue weighted by Gasteiger charge is 2.32. The smallest absolute Gasteiger partial charge is 0.257 e. The van der Waals surface area contributed by atoms with Gasteiger partial charge in [-0.25, -0.2) is 9.37 Å². The van der Waals surface area contributed by atoms with Gasteiger partial charge >= 0.3 is 0 Å². The number of hydrogen-bond acceptors (Lipinski definition) is 5. The van der Waals surface area contributed by atoms with E-state index in [-0.39, 0.29) is 18.9 Å². The van der Waals surface area contributed by atoms with Crippen LogP contribution in [0.3, 0.4) is 0 Å². The predicted molar refractivity (Wildman–Crippen MR) is 139 cm³/mol. The van der Waals surface area contributed by atoms with Crippen molar-refractivity contribution in [2.24, 2.45) is 4.99 Å². The van der Waals surface area contributed by atoms with Gasteiger partial charge in [0.15, 0.2) is 5.96 Å². The summed E-state index contributed by atoms with van der Waals surface area (Å²) >= 11 is 0. The highest BCUT2D eigenvalue weighted by atomic mass is 19.1. The molecule has 1 unspecified atom stereocenters. The zero-order valence-electron chi connectivity index (χ0n) is 20.3. The number of carbonyl (C=O) groups is 1. The van der Waals surface area contributed by atoms with Crippen molar-refractivity contribution in [1.29, 1.82) is 0 Å². The van der Waals surface area contributed by atoms with E-state index >= 15 is 0 Å². The molecule has 4 aromatic rings. The lowest BCUT2D eigenvalue weighted by atomic mass is 9.87. The summed E-state index contributed by atoms with van der Waals surface area (Å²) < 4.78 is 13.6. The van der Waals surface area contributed by atoms with Crippen molar-refractivity contribution in [1.82, 2.24) is 25.6 Å². The van der Waals surface area contributed by atoms with Crippen LogP contribution in [0.1, 0.15) is 40.2 Å². The Labute approximate surface area is 214 Å². The summed E-state index contributed by atoms with van der Waals surface area (Å²) in [6, 6.07) is 19.8. The third kappa shape index (κ3) is 7.08. The van der Waals surface area contributed by atoms with Gasteiger partial charge in [0.1, 0.15) is 11.4 Å². The van der Waals surface area contributed by atoms with Crippen molar-refractivity contribution in [2.75, 3.05) is 13.1 Å². The maximum Gasteiger partial charge on any atom is 0.257 e. The van der Waals surface area contributed by atoms with Gasteiger partial charge in [-0.05, 0) is 54.8 Å². The molecule has 0 aliphatic heterocycles. The van der Waals surface area contributed by atoms with Crippen molar-refractivity contribution in [3.05, 3.63) is 120 Å². The van der Waals surface area contributed by atoms with E-state index in [0.717, 1.165) is 18.5 Å². The Kier molecular flexibility index (Phi) is 8.72. The van der Waals surface area contributed by atoms with Crippen molar-refractivity contribution in [3.8, 4) is 0 Å². The number of H-pyrrole nitrogens is 1. The Hall–Kier alpha value is -4.37. The maximum atomic E-state index is 13.6. The van der Waals surface area contributed by atoms with Gasteiger partial charge in [0.25, 0.3) is 5.91 Å². The zero-order chi connectivity index (χ0) is 25.9. The monoisotopic (exact) mass is 500 g/mol. The van der Waals surface area contributed by atoms with E-state index in [1.54, 1.807) is 67.1 Å². The number of aryl methyl sites for hydroxylation is 1. The minimum atomic E-state index is -1.49. The molecule has 4 rings (SSSR count). The standard InChI is InChI=1S/C28H29FN6O2/c29-23-13-11-22(12-14-23)28(37,25-10-4-5-16-31-25)15-18-33-27(32-17-6-9-24-19-30-20-34-24)35-26(36)21-7-2-1-3-8-21/h1-5,7-8,10-14,16,19-20,37H,6,9,15,17-18H2,(H,30,34)(H2,32,33,35,36). The van der Waals surface area contributed by atoms with E-state index in [4.69, 9.17) is 0 Å². The molecule has 0 bridgehead atoms. The maximum absolute atomic E-state index is 13.6. The second kappa shape index (κ2) is 12.5. The fourth-order valence-electron chi connectivity index (χ4n) is 3.90. The number of imidazole rings is 1. The fourth-order valence-corrected chi connectivity index (χ4v) is 3.90. The zero-order valence-corrected chi connectivity index (χ0v) is 20.3. The Bertz CT molecular complexity index is 1280. The summed E-state index contributed by atoms with van der Waals surface area (Å²) in [4.78, 5) is 28.8. The number of amides is 1. The third-order valence-corrected chi connectivity index (χ3v) is 5.88. The Balaban J connectivity index is 1.49. The molecule has 0 spiro atoms. The van der Waals surface area contributed by atoms with Gasteiger partial charge < -0.3 is 15.4 Å². The lowest BCUT2D eigenvalue weighted by molar-refractivity contribution is 0.0692. The molecule has 1 amide bonds. The van der Waals surface area contributed by atoms with Crippen LogP contribution in [0.5, 0.6) is 0 Å². The van der Waals surface area contributed by atoms with Crippen molar-refractivity contribution < 1.29 is 14.3 Å². The molecular formula is C28H29FN6O2. The molecule has 0 saturated carbocycles. The fraction of sp³-hybridized carbons (Fsp3) is 0.214. The third-order valence-electron chi connectivity index (χ3n) is 5.88. The van der Waals surface area contributed by atoms with Crippen LogP contribution in [0, 0.1) is 5.82 Å². The van der Waals surface area contributed by atoms with E-state index in [9.17, 15) is 14.3 Å². The van der Waals surface area contributed by atoms with Crippen LogP contribution >= 0.6 is 0 Å². The largest absolute Gasteiger partial charge is 0.379 e. The number of pyridine rings is 1. The molecule has 8 nitrogen and oxygen atoms in total. The van der Waals surface area contributed by atoms with Crippen LogP contribution in [-0.2, 0) is 12.0 Å². The summed E-state index contributed by atoms with van der Waals surface area (Å²) in [5.41, 5.74) is 0.897. The Morgan fingerprint density at radius 1 is 1.03 bits per heavy atom. The van der Waals surface area contributed by atoms with Crippen LogP contribution in [0.15, 0.2) is 96.5 Å². The molecule has 190 valence electrons. The number of nitrogens with one attached hydrogen (secondary N) is 3. The molecule has 0 radical (unpaired) electrons. The molecular weight excluding hydrogens is 471 g/mol. The van der Waals surface area contributed by atoms with Crippen LogP contribution in [0.25, 0.3) is 0 Å². The quantitative estimate of drug-likeness (QED) is 0.151. The van der Waals surface area contributed by atoms with E-state index in [2.05, 4.69) is 30.6 Å². The number of halogens is 1. The Morgan fingerprint density at radius 3 is 2.51 bits per heavy atom. The number of rotatable bonds is 10. The number of aliphatic hydroxyl groups is 1. The minimum Gasteiger partial charge on any atom is -0.379 e. The second-order valence-corrected chi connectivity index (χ2v) is 8.47. The second-order valence-electron chi connectivity index (χ2n) is 8.47. The molecule has 4 N–H and O–H groups in total. The highest BCUT2D eigenvalue weighted by Crippen LogP contribution is 2.31. The molecule has 2 heterocycles. The molecule has 0 fully saturated rings. The van der Waals surface area contributed by atoms with Gasteiger partial charge in [0.2, 0.25) is 0 Å². The summed E-state index contributed by atoms with van der Waals surface area (Å²) in [6.45, 7) is 0.727. The normalized spacial score (nSPS) is 13.1. The van der Waals surface area contributed by atoms with Gasteiger partial charge in [-0.1, -0.05) is 36.4 Å². The molecule has 0 aliphatic rings. The van der Waals surface area contributed by atoms with Crippen LogP contribution in [0.2, 0.25) is 0 Å². The van der Waals surface area contributed by atoms with Crippen molar-refractivity contribution in [3.63, 3.8) is 0 Å². The van der Waals surface area contributed by atoms with Gasteiger partial charge in [-0.3, -0.25) is 20.1 Å². The molecule has 0 aliphatic carbocycles. The van der Waals surface area contributed by atoms with Gasteiger partial charge in [-0.2, -0.15) is 0 Å². The molecule has 0 saturated heterocycles. The van der Waals surface area contributed by atoms with Crippen LogP contribution in [-0.4, -0.2) is 45.0 Å². The molecule has 9 heteroatoms. The SMILES string of the molecule is O=C(NC(=NCCC(O)(c1ccc(F)cc1)c1ccccn1)NCCCc1c[nH]cn1)c1ccccc1. The van der Waals surface area contributed by atoms with E-state index in [0.29, 0.717) is 29.3 Å². The molecule has 37 heavy (non-hydrogen) atoms. The first-order valence-electron chi connectivity index (χ1n) is 12.1. The lowest BCUT2D eigenvalue weighted by Crippen LogP contribution is -2.42. The topological polar surface area (TPSA) is 115 Å². The lowest BCUT2D eigenvalue weighted by Gasteiger charge is -2.28. The Morgan fingerprint density at radius 2 is 1.81 bits per heavy atom. The number of benzene rings is 2. The number of aromatic amines is 1. The predicted octanol–water partition coefficient (Wildman–Crippen LogP) is 3.58. The summed E-state index contributed by atoms with van der Waals surface area (Å²) in [7, 11) is 0. The first-order valence-corrected chi connectivity index (χ1v) is 12.1. The average molecular weight is 501 g/mol. The first-order chi connectivity index (χ1) is 18.0. The highest BCUT2D eigenvalue weighted by molar-refractivity contribution is 6.05.